The lowest BCUT2D eigenvalue weighted by molar-refractivity contribution is -0.113. The fourth-order valence-corrected chi connectivity index (χ4v) is 3.78. The third-order valence-corrected chi connectivity index (χ3v) is 5.84. The van der Waals surface area contributed by atoms with E-state index in [9.17, 15) is 9.59 Å². The first kappa shape index (κ1) is 21.7. The van der Waals surface area contributed by atoms with Crippen LogP contribution < -0.4 is 15.4 Å². The van der Waals surface area contributed by atoms with E-state index in [2.05, 4.69) is 10.6 Å². The minimum Gasteiger partial charge on any atom is -0.497 e. The highest BCUT2D eigenvalue weighted by atomic mass is 35.5. The summed E-state index contributed by atoms with van der Waals surface area (Å²) >= 11 is 7.44. The zero-order chi connectivity index (χ0) is 21.5. The van der Waals surface area contributed by atoms with Gasteiger partial charge in [0.1, 0.15) is 5.75 Å². The third kappa shape index (κ3) is 5.55. The summed E-state index contributed by atoms with van der Waals surface area (Å²) in [5.74, 6) is 0.405. The second-order valence-corrected chi connectivity index (χ2v) is 7.86. The van der Waals surface area contributed by atoms with Crippen LogP contribution in [0.15, 0.2) is 71.6 Å². The summed E-state index contributed by atoms with van der Waals surface area (Å²) in [6.45, 7) is 1.85. The van der Waals surface area contributed by atoms with Crippen molar-refractivity contribution in [2.45, 2.75) is 11.8 Å². The molecule has 0 fully saturated rings. The second kappa shape index (κ2) is 10.2. The fraction of sp³-hybridized carbons (Fsp3) is 0.130. The van der Waals surface area contributed by atoms with Gasteiger partial charge in [-0.15, -0.1) is 11.8 Å². The van der Waals surface area contributed by atoms with E-state index >= 15 is 0 Å². The molecule has 3 aromatic rings. The molecule has 0 atom stereocenters. The van der Waals surface area contributed by atoms with E-state index in [1.165, 1.54) is 11.8 Å². The Morgan fingerprint density at radius 1 is 1.00 bits per heavy atom. The zero-order valence-corrected chi connectivity index (χ0v) is 18.1. The minimum absolute atomic E-state index is 0.164. The van der Waals surface area contributed by atoms with Crippen molar-refractivity contribution in [2.24, 2.45) is 0 Å². The number of methoxy groups -OCH3 is 1. The van der Waals surface area contributed by atoms with Crippen molar-refractivity contribution in [3.8, 4) is 5.75 Å². The largest absolute Gasteiger partial charge is 0.497 e. The van der Waals surface area contributed by atoms with E-state index in [1.807, 2.05) is 19.1 Å². The number of hydrogen-bond donors (Lipinski definition) is 2. The highest BCUT2D eigenvalue weighted by Crippen LogP contribution is 2.27. The molecule has 3 rings (SSSR count). The molecule has 5 nitrogen and oxygen atoms in total. The Morgan fingerprint density at radius 2 is 1.77 bits per heavy atom. The molecule has 0 saturated heterocycles. The molecule has 0 spiro atoms. The Balaban J connectivity index is 1.66. The molecule has 0 bridgehead atoms. The van der Waals surface area contributed by atoms with Gasteiger partial charge >= 0.3 is 0 Å². The molecule has 0 unspecified atom stereocenters. The van der Waals surface area contributed by atoms with Crippen molar-refractivity contribution in [2.75, 3.05) is 23.5 Å². The maximum Gasteiger partial charge on any atom is 0.256 e. The summed E-state index contributed by atoms with van der Waals surface area (Å²) in [6.07, 6.45) is 0. The van der Waals surface area contributed by atoms with Crippen LogP contribution in [0.25, 0.3) is 0 Å². The number of anilines is 2. The van der Waals surface area contributed by atoms with Crippen LogP contribution in [0.4, 0.5) is 11.4 Å². The van der Waals surface area contributed by atoms with Crippen LogP contribution in [-0.4, -0.2) is 24.7 Å². The predicted molar refractivity (Wildman–Crippen MR) is 123 cm³/mol. The van der Waals surface area contributed by atoms with Crippen molar-refractivity contribution in [1.82, 2.24) is 0 Å². The van der Waals surface area contributed by atoms with Gasteiger partial charge < -0.3 is 15.4 Å². The molecule has 2 amide bonds. The van der Waals surface area contributed by atoms with Crippen LogP contribution in [0.5, 0.6) is 5.75 Å². The lowest BCUT2D eigenvalue weighted by Crippen LogP contribution is -2.16. The molecular weight excluding hydrogens is 420 g/mol. The summed E-state index contributed by atoms with van der Waals surface area (Å²) < 4.78 is 5.16. The normalized spacial score (nSPS) is 10.4. The number of rotatable bonds is 7. The molecule has 154 valence electrons. The SMILES string of the molecule is COc1cccc(NC(=O)CSc2ccccc2C(=O)Nc2cccc(Cl)c2C)c1. The standard InChI is InChI=1S/C23H21ClN2O3S/c1-15-19(24)10-6-11-20(15)26-23(28)18-9-3-4-12-21(18)30-14-22(27)25-16-7-5-8-17(13-16)29-2/h3-13H,14H2,1-2H3,(H,25,27)(H,26,28). The summed E-state index contributed by atoms with van der Waals surface area (Å²) in [5, 5.41) is 6.32. The molecule has 0 aliphatic heterocycles. The number of carbonyl (C=O) groups is 2. The van der Waals surface area contributed by atoms with Crippen LogP contribution in [0.2, 0.25) is 5.02 Å². The Labute approximate surface area is 184 Å². The predicted octanol–water partition coefficient (Wildman–Crippen LogP) is 5.64. The summed E-state index contributed by atoms with van der Waals surface area (Å²) in [6, 6.07) is 19.7. The van der Waals surface area contributed by atoms with Gasteiger partial charge in [0.25, 0.3) is 5.91 Å². The number of halogens is 1. The van der Waals surface area contributed by atoms with Crippen LogP contribution in [0, 0.1) is 6.92 Å². The third-order valence-electron chi connectivity index (χ3n) is 4.36. The van der Waals surface area contributed by atoms with Crippen LogP contribution >= 0.6 is 23.4 Å². The molecule has 3 aromatic carbocycles. The lowest BCUT2D eigenvalue weighted by atomic mass is 10.1. The Kier molecular flexibility index (Phi) is 7.38. The molecular formula is C23H21ClN2O3S. The maximum absolute atomic E-state index is 12.8. The number of thioether (sulfide) groups is 1. The molecule has 0 aliphatic rings. The molecule has 0 aromatic heterocycles. The molecule has 0 heterocycles. The highest BCUT2D eigenvalue weighted by molar-refractivity contribution is 8.00. The van der Waals surface area contributed by atoms with E-state index in [4.69, 9.17) is 16.3 Å². The van der Waals surface area contributed by atoms with Crippen molar-refractivity contribution >= 4 is 46.6 Å². The molecule has 30 heavy (non-hydrogen) atoms. The summed E-state index contributed by atoms with van der Waals surface area (Å²) in [4.78, 5) is 25.9. The van der Waals surface area contributed by atoms with Crippen molar-refractivity contribution < 1.29 is 14.3 Å². The van der Waals surface area contributed by atoms with Crippen molar-refractivity contribution in [1.29, 1.82) is 0 Å². The second-order valence-electron chi connectivity index (χ2n) is 6.43. The molecule has 0 aliphatic carbocycles. The van der Waals surface area contributed by atoms with Gasteiger partial charge in [-0.05, 0) is 48.9 Å². The minimum atomic E-state index is -0.253. The number of benzene rings is 3. The first-order valence-corrected chi connectivity index (χ1v) is 10.6. The summed E-state index contributed by atoms with van der Waals surface area (Å²) in [7, 11) is 1.57. The van der Waals surface area contributed by atoms with E-state index in [0.29, 0.717) is 27.7 Å². The smallest absolute Gasteiger partial charge is 0.256 e. The van der Waals surface area contributed by atoms with E-state index in [0.717, 1.165) is 10.5 Å². The summed E-state index contributed by atoms with van der Waals surface area (Å²) in [5.41, 5.74) is 2.61. The number of ether oxygens (including phenoxy) is 1. The fourth-order valence-electron chi connectivity index (χ4n) is 2.75. The average molecular weight is 441 g/mol. The number of carbonyl (C=O) groups excluding carboxylic acids is 2. The van der Waals surface area contributed by atoms with E-state index in [-0.39, 0.29) is 17.6 Å². The first-order valence-electron chi connectivity index (χ1n) is 9.20. The number of hydrogen-bond acceptors (Lipinski definition) is 4. The highest BCUT2D eigenvalue weighted by Gasteiger charge is 2.14. The van der Waals surface area contributed by atoms with Gasteiger partial charge in [0.2, 0.25) is 5.91 Å². The van der Waals surface area contributed by atoms with E-state index in [1.54, 1.807) is 61.7 Å². The lowest BCUT2D eigenvalue weighted by Gasteiger charge is -2.12. The van der Waals surface area contributed by atoms with Crippen LogP contribution in [0.3, 0.4) is 0 Å². The average Bonchev–Trinajstić information content (AvgIpc) is 2.75. The Bertz CT molecular complexity index is 1070. The van der Waals surface area contributed by atoms with Crippen molar-refractivity contribution in [3.05, 3.63) is 82.9 Å². The quantitative estimate of drug-likeness (QED) is 0.466. The molecule has 7 heteroatoms. The number of nitrogens with one attached hydrogen (secondary N) is 2. The number of amides is 2. The van der Waals surface area contributed by atoms with Gasteiger partial charge in [0.15, 0.2) is 0 Å². The van der Waals surface area contributed by atoms with E-state index < -0.39 is 0 Å². The van der Waals surface area contributed by atoms with Gasteiger partial charge in [-0.3, -0.25) is 9.59 Å². The molecule has 0 saturated carbocycles. The first-order chi connectivity index (χ1) is 14.5. The van der Waals surface area contributed by atoms with Gasteiger partial charge in [0, 0.05) is 27.4 Å². The van der Waals surface area contributed by atoms with Gasteiger partial charge in [-0.25, -0.2) is 0 Å². The van der Waals surface area contributed by atoms with Gasteiger partial charge in [0.05, 0.1) is 18.4 Å². The van der Waals surface area contributed by atoms with Crippen LogP contribution in [0.1, 0.15) is 15.9 Å². The topological polar surface area (TPSA) is 67.4 Å². The zero-order valence-electron chi connectivity index (χ0n) is 16.6. The van der Waals surface area contributed by atoms with Crippen LogP contribution in [-0.2, 0) is 4.79 Å². The van der Waals surface area contributed by atoms with Crippen molar-refractivity contribution in [3.63, 3.8) is 0 Å². The molecule has 2 N–H and O–H groups in total. The maximum atomic E-state index is 12.8. The Hall–Kier alpha value is -2.96. The Morgan fingerprint density at radius 3 is 2.57 bits per heavy atom. The monoisotopic (exact) mass is 440 g/mol. The van der Waals surface area contributed by atoms with Gasteiger partial charge in [-0.2, -0.15) is 0 Å². The molecule has 0 radical (unpaired) electrons. The van der Waals surface area contributed by atoms with Gasteiger partial charge in [-0.1, -0.05) is 35.9 Å².